The predicted molar refractivity (Wildman–Crippen MR) is 109 cm³/mol. The van der Waals surface area contributed by atoms with E-state index in [0.717, 1.165) is 30.8 Å². The molecular weight excluding hydrogens is 362 g/mol. The average Bonchev–Trinajstić information content (AvgIpc) is 3.18. The number of alkyl carbamates (subject to hydrolysis) is 1. The summed E-state index contributed by atoms with van der Waals surface area (Å²) < 4.78 is 14.3. The van der Waals surface area contributed by atoms with Gasteiger partial charge in [-0.3, -0.25) is 4.99 Å². The number of esters is 1. The number of carbonyl (C=O) groups is 2. The number of nitrogens with zero attached hydrogens (tertiary/aromatic N) is 1. The van der Waals surface area contributed by atoms with Gasteiger partial charge in [-0.2, -0.15) is 0 Å². The van der Waals surface area contributed by atoms with Crippen molar-refractivity contribution in [3.8, 4) is 0 Å². The maximum Gasteiger partial charge on any atom is 0.408 e. The minimum Gasteiger partial charge on any atom is -0.467 e. The van der Waals surface area contributed by atoms with Gasteiger partial charge in [0.15, 0.2) is 6.04 Å². The maximum absolute atomic E-state index is 11.5. The van der Waals surface area contributed by atoms with Gasteiger partial charge in [-0.25, -0.2) is 9.59 Å². The van der Waals surface area contributed by atoms with E-state index in [1.54, 1.807) is 0 Å². The molecule has 2 rings (SSSR count). The number of carbonyl (C=O) groups excluding carboxylic acids is 2. The monoisotopic (exact) mass is 395 g/mol. The van der Waals surface area contributed by atoms with Gasteiger partial charge in [-0.05, 0) is 12.0 Å². The van der Waals surface area contributed by atoms with E-state index >= 15 is 0 Å². The van der Waals surface area contributed by atoms with E-state index < -0.39 is 18.1 Å². The summed E-state index contributed by atoms with van der Waals surface area (Å²) in [7, 11) is 2.66. The fourth-order valence-corrected chi connectivity index (χ4v) is 1.95. The third-order valence-corrected chi connectivity index (χ3v) is 3.23. The van der Waals surface area contributed by atoms with Crippen LogP contribution in [-0.4, -0.2) is 51.3 Å². The van der Waals surface area contributed by atoms with Crippen LogP contribution in [-0.2, 0) is 25.6 Å². The molecule has 0 aliphatic carbocycles. The summed E-state index contributed by atoms with van der Waals surface area (Å²) in [5.41, 5.74) is 6.14. The third kappa shape index (κ3) is 12.7. The van der Waals surface area contributed by atoms with Crippen LogP contribution in [0.25, 0.3) is 0 Å². The molecule has 0 saturated heterocycles. The second kappa shape index (κ2) is 16.6. The van der Waals surface area contributed by atoms with E-state index in [9.17, 15) is 9.59 Å². The summed E-state index contributed by atoms with van der Waals surface area (Å²) in [4.78, 5) is 26.8. The fourth-order valence-electron chi connectivity index (χ4n) is 1.95. The highest BCUT2D eigenvalue weighted by atomic mass is 16.6. The Bertz CT molecular complexity index is 578. The first-order valence-corrected chi connectivity index (χ1v) is 9.31. The number of amidine groups is 1. The number of hydrogen-bond donors (Lipinski definition) is 2. The zero-order chi connectivity index (χ0) is 21.2. The number of amides is 1. The lowest BCUT2D eigenvalue weighted by atomic mass is 10.2. The van der Waals surface area contributed by atoms with Gasteiger partial charge >= 0.3 is 12.1 Å². The van der Waals surface area contributed by atoms with E-state index in [2.05, 4.69) is 28.9 Å². The second-order valence-corrected chi connectivity index (χ2v) is 5.92. The largest absolute Gasteiger partial charge is 0.467 e. The molecule has 0 bridgehead atoms. The van der Waals surface area contributed by atoms with Crippen molar-refractivity contribution in [2.75, 3.05) is 27.4 Å². The lowest BCUT2D eigenvalue weighted by Gasteiger charge is -2.15. The molecule has 1 aliphatic heterocycles. The van der Waals surface area contributed by atoms with Crippen molar-refractivity contribution in [3.63, 3.8) is 0 Å². The molecule has 1 atom stereocenters. The Morgan fingerprint density at radius 1 is 1.21 bits per heavy atom. The molecule has 1 aromatic rings. The van der Waals surface area contributed by atoms with Crippen LogP contribution in [0.2, 0.25) is 0 Å². The molecule has 0 spiro atoms. The smallest absolute Gasteiger partial charge is 0.408 e. The van der Waals surface area contributed by atoms with Gasteiger partial charge in [0.05, 0.1) is 19.6 Å². The standard InChI is InChI=1S/C13H17NO5.C4H8N2.C3H8/c1-17-9-11(12(15)18-2)14-13(16)19-8-10-6-4-3-5-7-10;5-4-2-1-3-6-4;1-3-2/h3-7,11H,8-9H2,1-2H3,(H,14,16);1-3H2,(H2,5,6);3H2,1-2H3. The molecule has 0 radical (unpaired) electrons. The molecule has 3 N–H and O–H groups in total. The summed E-state index contributed by atoms with van der Waals surface area (Å²) in [5.74, 6) is 0.244. The molecule has 1 heterocycles. The number of rotatable bonds is 6. The first kappa shape index (κ1) is 25.4. The topological polar surface area (TPSA) is 112 Å². The molecule has 1 unspecified atom stereocenters. The van der Waals surface area contributed by atoms with Crippen molar-refractivity contribution in [3.05, 3.63) is 35.9 Å². The minimum absolute atomic E-state index is 0.0209. The molecule has 8 heteroatoms. The Labute approximate surface area is 167 Å². The number of hydrogen-bond acceptors (Lipinski definition) is 7. The zero-order valence-electron chi connectivity index (χ0n) is 17.3. The van der Waals surface area contributed by atoms with E-state index in [1.807, 2.05) is 30.3 Å². The highest BCUT2D eigenvalue weighted by Crippen LogP contribution is 2.01. The molecule has 28 heavy (non-hydrogen) atoms. The van der Waals surface area contributed by atoms with Gasteiger partial charge in [-0.15, -0.1) is 0 Å². The Morgan fingerprint density at radius 3 is 2.29 bits per heavy atom. The van der Waals surface area contributed by atoms with E-state index in [1.165, 1.54) is 20.6 Å². The normalized spacial score (nSPS) is 12.9. The van der Waals surface area contributed by atoms with Gasteiger partial charge in [0, 0.05) is 20.1 Å². The molecular formula is C20H33N3O5. The number of nitrogens with one attached hydrogen (secondary N) is 1. The van der Waals surface area contributed by atoms with Crippen LogP contribution in [0.4, 0.5) is 4.79 Å². The molecule has 0 saturated carbocycles. The van der Waals surface area contributed by atoms with E-state index in [0.29, 0.717) is 0 Å². The van der Waals surface area contributed by atoms with Crippen molar-refractivity contribution in [2.24, 2.45) is 10.7 Å². The summed E-state index contributed by atoms with van der Waals surface area (Å²) in [6.45, 7) is 5.35. The Hall–Kier alpha value is -2.61. The quantitative estimate of drug-likeness (QED) is 0.716. The fraction of sp³-hybridized carbons (Fsp3) is 0.550. The third-order valence-electron chi connectivity index (χ3n) is 3.23. The number of ether oxygens (including phenoxy) is 3. The molecule has 0 aromatic heterocycles. The van der Waals surface area contributed by atoms with Crippen molar-refractivity contribution in [1.82, 2.24) is 5.32 Å². The van der Waals surface area contributed by atoms with Gasteiger partial charge in [0.1, 0.15) is 6.61 Å². The van der Waals surface area contributed by atoms with Crippen molar-refractivity contribution < 1.29 is 23.8 Å². The number of benzene rings is 1. The molecule has 0 fully saturated rings. The van der Waals surface area contributed by atoms with Crippen molar-refractivity contribution in [2.45, 2.75) is 45.8 Å². The predicted octanol–water partition coefficient (Wildman–Crippen LogP) is 2.65. The van der Waals surface area contributed by atoms with Crippen LogP contribution >= 0.6 is 0 Å². The highest BCUT2D eigenvalue weighted by molar-refractivity contribution is 5.81. The van der Waals surface area contributed by atoms with Gasteiger partial charge in [-0.1, -0.05) is 50.6 Å². The van der Waals surface area contributed by atoms with E-state index in [4.69, 9.17) is 15.2 Å². The maximum atomic E-state index is 11.5. The first-order valence-electron chi connectivity index (χ1n) is 9.31. The lowest BCUT2D eigenvalue weighted by Crippen LogP contribution is -2.44. The lowest BCUT2D eigenvalue weighted by molar-refractivity contribution is -0.144. The summed E-state index contributed by atoms with van der Waals surface area (Å²) >= 11 is 0. The van der Waals surface area contributed by atoms with Crippen molar-refractivity contribution >= 4 is 17.9 Å². The Kier molecular flexibility index (Phi) is 15.0. The average molecular weight is 396 g/mol. The van der Waals surface area contributed by atoms with Gasteiger partial charge in [0.2, 0.25) is 0 Å². The first-order chi connectivity index (χ1) is 13.5. The Morgan fingerprint density at radius 2 is 1.86 bits per heavy atom. The van der Waals surface area contributed by atoms with Crippen LogP contribution in [0.1, 0.15) is 38.7 Å². The van der Waals surface area contributed by atoms with Crippen LogP contribution in [0.3, 0.4) is 0 Å². The molecule has 8 nitrogen and oxygen atoms in total. The number of nitrogens with two attached hydrogens (primary N) is 1. The minimum atomic E-state index is -0.877. The van der Waals surface area contributed by atoms with E-state index in [-0.39, 0.29) is 13.2 Å². The molecule has 158 valence electrons. The SMILES string of the molecule is CCC.COCC(NC(=O)OCc1ccccc1)C(=O)OC.NC1=NCCC1. The number of aliphatic imine (C=N–C) groups is 1. The highest BCUT2D eigenvalue weighted by Gasteiger charge is 2.21. The summed E-state index contributed by atoms with van der Waals surface area (Å²) in [6.07, 6.45) is 2.72. The summed E-state index contributed by atoms with van der Waals surface area (Å²) in [6, 6.07) is 8.35. The van der Waals surface area contributed by atoms with Gasteiger partial charge in [0.25, 0.3) is 0 Å². The van der Waals surface area contributed by atoms with Crippen LogP contribution < -0.4 is 11.1 Å². The van der Waals surface area contributed by atoms with Crippen LogP contribution in [0.15, 0.2) is 35.3 Å². The molecule has 1 aromatic carbocycles. The Balaban J connectivity index is 0.000000665. The van der Waals surface area contributed by atoms with Crippen LogP contribution in [0, 0.1) is 0 Å². The molecule has 1 amide bonds. The summed E-state index contributed by atoms with van der Waals surface area (Å²) in [5, 5.41) is 2.38. The zero-order valence-corrected chi connectivity index (χ0v) is 17.3. The van der Waals surface area contributed by atoms with Crippen LogP contribution in [0.5, 0.6) is 0 Å². The second-order valence-electron chi connectivity index (χ2n) is 5.92. The molecule has 1 aliphatic rings. The van der Waals surface area contributed by atoms with Gasteiger partial charge < -0.3 is 25.3 Å². The van der Waals surface area contributed by atoms with Crippen molar-refractivity contribution in [1.29, 1.82) is 0 Å². The number of methoxy groups -OCH3 is 2.